The third-order valence-corrected chi connectivity index (χ3v) is 3.05. The number of ether oxygens (including phenoxy) is 1. The maximum Gasteiger partial charge on any atom is 0.310 e. The Hall–Kier alpha value is -1.97. The summed E-state index contributed by atoms with van der Waals surface area (Å²) >= 11 is 0. The Bertz CT molecular complexity index is 533. The number of benzene rings is 1. The zero-order valence-electron chi connectivity index (χ0n) is 10.6. The van der Waals surface area contributed by atoms with Crippen molar-refractivity contribution in [1.82, 2.24) is 0 Å². The van der Waals surface area contributed by atoms with Gasteiger partial charge in [0.05, 0.1) is 18.7 Å². The molecule has 4 heteroatoms. The molecule has 0 fully saturated rings. The summed E-state index contributed by atoms with van der Waals surface area (Å²) in [6, 6.07) is 7.79. The zero-order chi connectivity index (χ0) is 13.0. The van der Waals surface area contributed by atoms with E-state index in [1.807, 2.05) is 31.2 Å². The predicted octanol–water partition coefficient (Wildman–Crippen LogP) is 3.04. The number of rotatable bonds is 5. The molecule has 96 valence electrons. The minimum absolute atomic E-state index is 0.135. The van der Waals surface area contributed by atoms with Crippen LogP contribution in [0.3, 0.4) is 0 Å². The number of carbonyl (C=O) groups is 1. The molecule has 1 aromatic carbocycles. The first kappa shape index (κ1) is 12.5. The van der Waals surface area contributed by atoms with E-state index in [4.69, 9.17) is 9.15 Å². The largest absolute Gasteiger partial charge is 0.469 e. The lowest BCUT2D eigenvalue weighted by atomic mass is 10.1. The fourth-order valence-electron chi connectivity index (χ4n) is 1.91. The fourth-order valence-corrected chi connectivity index (χ4v) is 1.91. The first-order valence-electron chi connectivity index (χ1n) is 6.04. The van der Waals surface area contributed by atoms with Gasteiger partial charge >= 0.3 is 5.97 Å². The average molecular weight is 247 g/mol. The van der Waals surface area contributed by atoms with Crippen molar-refractivity contribution in [3.05, 3.63) is 30.5 Å². The standard InChI is InChI=1S/C14H17NO3/c1-3-10(14(16)17-2)8-15-12-9-18-13-7-5-4-6-11(12)13/h4-7,9-10,15H,3,8H2,1-2H3. The van der Waals surface area contributed by atoms with Crippen molar-refractivity contribution in [3.63, 3.8) is 0 Å². The van der Waals surface area contributed by atoms with Crippen LogP contribution in [-0.2, 0) is 9.53 Å². The van der Waals surface area contributed by atoms with Gasteiger partial charge in [-0.2, -0.15) is 0 Å². The van der Waals surface area contributed by atoms with Crippen LogP contribution in [0.1, 0.15) is 13.3 Å². The molecule has 1 heterocycles. The lowest BCUT2D eigenvalue weighted by Crippen LogP contribution is -2.23. The Balaban J connectivity index is 2.07. The molecule has 1 atom stereocenters. The van der Waals surface area contributed by atoms with E-state index >= 15 is 0 Å². The van der Waals surface area contributed by atoms with Gasteiger partial charge in [-0.05, 0) is 18.6 Å². The van der Waals surface area contributed by atoms with E-state index in [1.165, 1.54) is 7.11 Å². The second-order valence-electron chi connectivity index (χ2n) is 4.15. The number of hydrogen-bond donors (Lipinski definition) is 1. The second kappa shape index (κ2) is 5.58. The van der Waals surface area contributed by atoms with Crippen LogP contribution in [0.15, 0.2) is 34.9 Å². The van der Waals surface area contributed by atoms with E-state index < -0.39 is 0 Å². The number of fused-ring (bicyclic) bond motifs is 1. The van der Waals surface area contributed by atoms with Crippen molar-refractivity contribution < 1.29 is 13.9 Å². The lowest BCUT2D eigenvalue weighted by Gasteiger charge is -2.13. The van der Waals surface area contributed by atoms with Crippen LogP contribution in [-0.4, -0.2) is 19.6 Å². The monoisotopic (exact) mass is 247 g/mol. The van der Waals surface area contributed by atoms with E-state index in [-0.39, 0.29) is 11.9 Å². The first-order chi connectivity index (χ1) is 8.76. The third-order valence-electron chi connectivity index (χ3n) is 3.05. The molecular weight excluding hydrogens is 230 g/mol. The van der Waals surface area contributed by atoms with Gasteiger partial charge in [-0.15, -0.1) is 0 Å². The molecule has 1 unspecified atom stereocenters. The summed E-state index contributed by atoms with van der Waals surface area (Å²) < 4.78 is 10.2. The molecule has 0 aliphatic rings. The number of furan rings is 1. The van der Waals surface area contributed by atoms with E-state index in [2.05, 4.69) is 5.32 Å². The Morgan fingerprint density at radius 3 is 2.94 bits per heavy atom. The maximum absolute atomic E-state index is 11.5. The SMILES string of the molecule is CCC(CNc1coc2ccccc12)C(=O)OC. The molecule has 18 heavy (non-hydrogen) atoms. The molecule has 0 spiro atoms. The van der Waals surface area contributed by atoms with Crippen molar-refractivity contribution >= 4 is 22.6 Å². The summed E-state index contributed by atoms with van der Waals surface area (Å²) in [5.41, 5.74) is 1.75. The van der Waals surface area contributed by atoms with Gasteiger partial charge in [0.15, 0.2) is 0 Å². The summed E-state index contributed by atoms with van der Waals surface area (Å²) in [6.07, 6.45) is 2.42. The molecular formula is C14H17NO3. The summed E-state index contributed by atoms with van der Waals surface area (Å²) in [5.74, 6) is -0.318. The molecule has 0 aliphatic carbocycles. The number of esters is 1. The highest BCUT2D eigenvalue weighted by Gasteiger charge is 2.17. The summed E-state index contributed by atoms with van der Waals surface area (Å²) in [6.45, 7) is 2.52. The normalized spacial score (nSPS) is 12.3. The summed E-state index contributed by atoms with van der Waals surface area (Å²) in [4.78, 5) is 11.5. The molecule has 0 aliphatic heterocycles. The van der Waals surface area contributed by atoms with Crippen molar-refractivity contribution in [3.8, 4) is 0 Å². The van der Waals surface area contributed by atoms with Crippen molar-refractivity contribution in [2.45, 2.75) is 13.3 Å². The molecule has 4 nitrogen and oxygen atoms in total. The van der Waals surface area contributed by atoms with Crippen molar-refractivity contribution in [2.24, 2.45) is 5.92 Å². The molecule has 1 aromatic heterocycles. The quantitative estimate of drug-likeness (QED) is 0.825. The van der Waals surface area contributed by atoms with Crippen LogP contribution < -0.4 is 5.32 Å². The number of anilines is 1. The van der Waals surface area contributed by atoms with Gasteiger partial charge in [0.1, 0.15) is 11.8 Å². The average Bonchev–Trinajstić information content (AvgIpc) is 2.82. The minimum Gasteiger partial charge on any atom is -0.469 e. The maximum atomic E-state index is 11.5. The van der Waals surface area contributed by atoms with Crippen LogP contribution in [0, 0.1) is 5.92 Å². The Morgan fingerprint density at radius 2 is 2.22 bits per heavy atom. The second-order valence-corrected chi connectivity index (χ2v) is 4.15. The minimum atomic E-state index is -0.183. The first-order valence-corrected chi connectivity index (χ1v) is 6.04. The molecule has 1 N–H and O–H groups in total. The van der Waals surface area contributed by atoms with Crippen LogP contribution in [0.25, 0.3) is 11.0 Å². The van der Waals surface area contributed by atoms with E-state index in [9.17, 15) is 4.79 Å². The number of nitrogens with one attached hydrogen (secondary N) is 1. The Kier molecular flexibility index (Phi) is 3.87. The van der Waals surface area contributed by atoms with E-state index in [1.54, 1.807) is 6.26 Å². The van der Waals surface area contributed by atoms with Gasteiger partial charge < -0.3 is 14.5 Å². The molecule has 2 rings (SSSR count). The summed E-state index contributed by atoms with van der Waals surface area (Å²) in [5, 5.41) is 4.26. The van der Waals surface area contributed by atoms with E-state index in [0.29, 0.717) is 6.54 Å². The molecule has 0 saturated heterocycles. The summed E-state index contributed by atoms with van der Waals surface area (Å²) in [7, 11) is 1.41. The molecule has 2 aromatic rings. The van der Waals surface area contributed by atoms with Gasteiger partial charge in [-0.1, -0.05) is 19.1 Å². The van der Waals surface area contributed by atoms with Gasteiger partial charge in [0.25, 0.3) is 0 Å². The number of hydrogen-bond acceptors (Lipinski definition) is 4. The number of carbonyl (C=O) groups excluding carboxylic acids is 1. The smallest absolute Gasteiger partial charge is 0.310 e. The Labute approximate surface area is 106 Å². The highest BCUT2D eigenvalue weighted by atomic mass is 16.5. The molecule has 0 saturated carbocycles. The third kappa shape index (κ3) is 2.47. The lowest BCUT2D eigenvalue weighted by molar-refractivity contribution is -0.145. The zero-order valence-corrected chi connectivity index (χ0v) is 10.6. The van der Waals surface area contributed by atoms with Crippen LogP contribution in [0.4, 0.5) is 5.69 Å². The van der Waals surface area contributed by atoms with Crippen LogP contribution >= 0.6 is 0 Å². The number of methoxy groups -OCH3 is 1. The predicted molar refractivity (Wildman–Crippen MR) is 70.5 cm³/mol. The topological polar surface area (TPSA) is 51.5 Å². The molecule has 0 radical (unpaired) electrons. The van der Waals surface area contributed by atoms with Crippen molar-refractivity contribution in [2.75, 3.05) is 19.0 Å². The molecule has 0 bridgehead atoms. The Morgan fingerprint density at radius 1 is 1.44 bits per heavy atom. The highest BCUT2D eigenvalue weighted by molar-refractivity contribution is 5.90. The fraction of sp³-hybridized carbons (Fsp3) is 0.357. The highest BCUT2D eigenvalue weighted by Crippen LogP contribution is 2.25. The van der Waals surface area contributed by atoms with Crippen molar-refractivity contribution in [1.29, 1.82) is 0 Å². The van der Waals surface area contributed by atoms with Crippen LogP contribution in [0.2, 0.25) is 0 Å². The number of para-hydroxylation sites is 1. The van der Waals surface area contributed by atoms with Gasteiger partial charge in [0.2, 0.25) is 0 Å². The van der Waals surface area contributed by atoms with Gasteiger partial charge in [-0.3, -0.25) is 4.79 Å². The molecule has 0 amide bonds. The van der Waals surface area contributed by atoms with Gasteiger partial charge in [-0.25, -0.2) is 0 Å². The van der Waals surface area contributed by atoms with Gasteiger partial charge in [0, 0.05) is 11.9 Å². The van der Waals surface area contributed by atoms with Crippen LogP contribution in [0.5, 0.6) is 0 Å². The van der Waals surface area contributed by atoms with E-state index in [0.717, 1.165) is 23.1 Å².